The minimum absolute atomic E-state index is 0.0945. The van der Waals surface area contributed by atoms with Gasteiger partial charge in [0.15, 0.2) is 11.6 Å². The number of benzene rings is 1. The Morgan fingerprint density at radius 3 is 2.56 bits per heavy atom. The van der Waals surface area contributed by atoms with Gasteiger partial charge in [0.1, 0.15) is 0 Å². The van der Waals surface area contributed by atoms with Gasteiger partial charge in [0, 0.05) is 15.9 Å². The molecule has 0 aliphatic carbocycles. The van der Waals surface area contributed by atoms with Crippen molar-refractivity contribution in [3.63, 3.8) is 0 Å². The number of hydrogen-bond acceptors (Lipinski definition) is 2. The Labute approximate surface area is 115 Å². The van der Waals surface area contributed by atoms with Crippen LogP contribution < -0.4 is 10.1 Å². The van der Waals surface area contributed by atoms with Gasteiger partial charge in [0.2, 0.25) is 0 Å². The molecule has 1 N–H and O–H groups in total. The highest BCUT2D eigenvalue weighted by atomic mass is 79.9. The zero-order valence-corrected chi connectivity index (χ0v) is 12.5. The molecule has 5 heteroatoms. The van der Waals surface area contributed by atoms with E-state index >= 15 is 0 Å². The van der Waals surface area contributed by atoms with Gasteiger partial charge in [-0.05, 0) is 32.0 Å². The molecular formula is C13H17BrFNO2. The maximum atomic E-state index is 13.5. The van der Waals surface area contributed by atoms with Crippen LogP contribution in [-0.2, 0) is 0 Å². The van der Waals surface area contributed by atoms with Crippen molar-refractivity contribution in [2.75, 3.05) is 7.11 Å². The number of methoxy groups -OCH3 is 1. The summed E-state index contributed by atoms with van der Waals surface area (Å²) in [5.41, 5.74) is -0.150. The minimum Gasteiger partial charge on any atom is -0.494 e. The van der Waals surface area contributed by atoms with E-state index in [-0.39, 0.29) is 22.0 Å². The van der Waals surface area contributed by atoms with E-state index in [4.69, 9.17) is 4.74 Å². The third kappa shape index (κ3) is 3.45. The Balaban J connectivity index is 2.89. The number of nitrogens with one attached hydrogen (secondary N) is 1. The van der Waals surface area contributed by atoms with Crippen LogP contribution in [0.5, 0.6) is 5.75 Å². The van der Waals surface area contributed by atoms with Gasteiger partial charge in [-0.25, -0.2) is 4.39 Å². The fraction of sp³-hybridized carbons (Fsp3) is 0.462. The van der Waals surface area contributed by atoms with E-state index in [2.05, 4.69) is 21.2 Å². The summed E-state index contributed by atoms with van der Waals surface area (Å²) < 4.78 is 18.3. The van der Waals surface area contributed by atoms with Gasteiger partial charge in [-0.1, -0.05) is 22.9 Å². The van der Waals surface area contributed by atoms with Crippen molar-refractivity contribution in [3.8, 4) is 5.75 Å². The number of ether oxygens (including phenoxy) is 1. The van der Waals surface area contributed by atoms with Crippen LogP contribution in [0.4, 0.5) is 4.39 Å². The molecule has 0 bridgehead atoms. The van der Waals surface area contributed by atoms with Gasteiger partial charge in [0.25, 0.3) is 5.91 Å². The van der Waals surface area contributed by atoms with E-state index in [1.165, 1.54) is 25.3 Å². The van der Waals surface area contributed by atoms with Gasteiger partial charge in [-0.3, -0.25) is 4.79 Å². The number of amides is 1. The fourth-order valence-corrected chi connectivity index (χ4v) is 1.39. The third-order valence-corrected chi connectivity index (χ3v) is 3.99. The van der Waals surface area contributed by atoms with Crippen molar-refractivity contribution < 1.29 is 13.9 Å². The molecule has 18 heavy (non-hydrogen) atoms. The molecule has 0 spiro atoms. The first-order valence-corrected chi connectivity index (χ1v) is 6.49. The van der Waals surface area contributed by atoms with E-state index in [9.17, 15) is 9.18 Å². The van der Waals surface area contributed by atoms with Crippen LogP contribution in [0.25, 0.3) is 0 Å². The van der Waals surface area contributed by atoms with Crippen LogP contribution in [0, 0.1) is 5.82 Å². The lowest BCUT2D eigenvalue weighted by Gasteiger charge is -2.29. The van der Waals surface area contributed by atoms with E-state index < -0.39 is 11.4 Å². The minimum atomic E-state index is -0.546. The molecule has 0 radical (unpaired) electrons. The maximum Gasteiger partial charge on any atom is 0.251 e. The first kappa shape index (κ1) is 15.0. The van der Waals surface area contributed by atoms with E-state index in [0.29, 0.717) is 0 Å². The summed E-state index contributed by atoms with van der Waals surface area (Å²) in [5.74, 6) is -0.734. The predicted molar refractivity (Wildman–Crippen MR) is 72.9 cm³/mol. The van der Waals surface area contributed by atoms with Crippen LogP contribution in [0.1, 0.15) is 31.1 Å². The summed E-state index contributed by atoms with van der Waals surface area (Å²) in [4.78, 5) is 12.1. The number of halogens is 2. The van der Waals surface area contributed by atoms with Gasteiger partial charge in [0.05, 0.1) is 7.11 Å². The van der Waals surface area contributed by atoms with Gasteiger partial charge < -0.3 is 10.1 Å². The molecule has 0 aliphatic rings. The van der Waals surface area contributed by atoms with Crippen LogP contribution >= 0.6 is 15.9 Å². The molecule has 0 heterocycles. The van der Waals surface area contributed by atoms with Crippen molar-refractivity contribution >= 4 is 21.8 Å². The second-order valence-corrected chi connectivity index (χ2v) is 6.01. The first-order valence-electron chi connectivity index (χ1n) is 5.58. The van der Waals surface area contributed by atoms with E-state index in [1.807, 2.05) is 20.8 Å². The van der Waals surface area contributed by atoms with Crippen molar-refractivity contribution in [2.24, 2.45) is 0 Å². The summed E-state index contributed by atoms with van der Waals surface area (Å²) in [6.07, 6.45) is 0. The summed E-state index contributed by atoms with van der Waals surface area (Å²) >= 11 is 3.43. The highest BCUT2D eigenvalue weighted by molar-refractivity contribution is 9.09. The molecule has 1 aromatic carbocycles. The van der Waals surface area contributed by atoms with Gasteiger partial charge >= 0.3 is 0 Å². The average Bonchev–Trinajstić information content (AvgIpc) is 2.28. The lowest BCUT2D eigenvalue weighted by Crippen LogP contribution is -2.48. The Morgan fingerprint density at radius 1 is 1.50 bits per heavy atom. The molecule has 1 rings (SSSR count). The van der Waals surface area contributed by atoms with Crippen molar-refractivity contribution in [3.05, 3.63) is 29.6 Å². The Morgan fingerprint density at radius 2 is 2.11 bits per heavy atom. The standard InChI is InChI=1S/C13H17BrFNO2/c1-8(14)13(2,3)16-12(17)9-5-6-11(18-4)10(15)7-9/h5-8H,1-4H3,(H,16,17). The molecule has 1 amide bonds. The average molecular weight is 318 g/mol. The molecule has 1 unspecified atom stereocenters. The Bertz CT molecular complexity index is 447. The van der Waals surface area contributed by atoms with E-state index in [0.717, 1.165) is 0 Å². The molecule has 100 valence electrons. The summed E-state index contributed by atoms with van der Waals surface area (Å²) in [6, 6.07) is 4.14. The van der Waals surface area contributed by atoms with Crippen LogP contribution in [0.3, 0.4) is 0 Å². The topological polar surface area (TPSA) is 38.3 Å². The van der Waals surface area contributed by atoms with Gasteiger partial charge in [-0.2, -0.15) is 0 Å². The monoisotopic (exact) mass is 317 g/mol. The molecule has 0 aliphatic heterocycles. The molecule has 0 fully saturated rings. The second-order valence-electron chi connectivity index (χ2n) is 4.64. The zero-order valence-electron chi connectivity index (χ0n) is 10.9. The van der Waals surface area contributed by atoms with Crippen LogP contribution in [-0.4, -0.2) is 23.4 Å². The molecule has 3 nitrogen and oxygen atoms in total. The Hall–Kier alpha value is -1.10. The zero-order chi connectivity index (χ0) is 13.9. The smallest absolute Gasteiger partial charge is 0.251 e. The molecule has 0 saturated heterocycles. The van der Waals surface area contributed by atoms with Crippen molar-refractivity contribution in [1.82, 2.24) is 5.32 Å². The number of carbonyl (C=O) groups is 1. The molecule has 0 aromatic heterocycles. The first-order chi connectivity index (χ1) is 8.27. The molecule has 1 aromatic rings. The normalized spacial score (nSPS) is 13.0. The summed E-state index contributed by atoms with van der Waals surface area (Å²) in [5, 5.41) is 2.84. The highest BCUT2D eigenvalue weighted by Crippen LogP contribution is 2.20. The highest BCUT2D eigenvalue weighted by Gasteiger charge is 2.26. The third-order valence-electron chi connectivity index (χ3n) is 2.84. The SMILES string of the molecule is COc1ccc(C(=O)NC(C)(C)C(C)Br)cc1F. The summed E-state index contributed by atoms with van der Waals surface area (Å²) in [7, 11) is 1.38. The molecule has 1 atom stereocenters. The van der Waals surface area contributed by atoms with E-state index in [1.54, 1.807) is 0 Å². The quantitative estimate of drug-likeness (QED) is 0.866. The fourth-order valence-electron chi connectivity index (χ4n) is 1.27. The largest absolute Gasteiger partial charge is 0.494 e. The van der Waals surface area contributed by atoms with Crippen LogP contribution in [0.2, 0.25) is 0 Å². The van der Waals surface area contributed by atoms with Gasteiger partial charge in [-0.15, -0.1) is 0 Å². The van der Waals surface area contributed by atoms with Crippen molar-refractivity contribution in [1.29, 1.82) is 0 Å². The maximum absolute atomic E-state index is 13.5. The summed E-state index contributed by atoms with van der Waals surface area (Å²) in [6.45, 7) is 5.73. The number of alkyl halides is 1. The lowest BCUT2D eigenvalue weighted by molar-refractivity contribution is 0.0913. The molecular weight excluding hydrogens is 301 g/mol. The predicted octanol–water partition coefficient (Wildman–Crippen LogP) is 3.13. The Kier molecular flexibility index (Phi) is 4.73. The van der Waals surface area contributed by atoms with Crippen molar-refractivity contribution in [2.45, 2.75) is 31.1 Å². The number of hydrogen-bond donors (Lipinski definition) is 1. The lowest BCUT2D eigenvalue weighted by atomic mass is 10.0. The number of rotatable bonds is 4. The van der Waals surface area contributed by atoms with Crippen LogP contribution in [0.15, 0.2) is 18.2 Å². The number of carbonyl (C=O) groups excluding carboxylic acids is 1. The second kappa shape index (κ2) is 5.69. The molecule has 0 saturated carbocycles.